The zero-order chi connectivity index (χ0) is 17.3. The van der Waals surface area contributed by atoms with Crippen LogP contribution < -0.4 is 4.74 Å². The second-order valence-corrected chi connectivity index (χ2v) is 7.73. The van der Waals surface area contributed by atoms with Crippen LogP contribution in [0.5, 0.6) is 5.75 Å². The Hall–Kier alpha value is -1.10. The van der Waals surface area contributed by atoms with E-state index >= 15 is 0 Å². The molecule has 0 aliphatic carbocycles. The van der Waals surface area contributed by atoms with Gasteiger partial charge in [0, 0.05) is 25.1 Å². The zero-order valence-corrected chi connectivity index (χ0v) is 15.5. The molecule has 0 unspecified atom stereocenters. The van der Waals surface area contributed by atoms with E-state index in [-0.39, 0.29) is 5.92 Å². The van der Waals surface area contributed by atoms with Crippen LogP contribution in [0.15, 0.2) is 12.1 Å². The van der Waals surface area contributed by atoms with E-state index in [0.29, 0.717) is 19.3 Å². The fourth-order valence-corrected chi connectivity index (χ4v) is 4.57. The first-order valence-electron chi connectivity index (χ1n) is 9.10. The minimum atomic E-state index is -0.614. The molecule has 3 atom stereocenters. The normalized spacial score (nSPS) is 31.4. The Morgan fingerprint density at radius 2 is 2.04 bits per heavy atom. The molecule has 2 saturated heterocycles. The number of likely N-dealkylation sites (tertiary alicyclic amines) is 1. The minimum absolute atomic E-state index is 0.203. The number of hydrogen-bond donors (Lipinski definition) is 1. The third-order valence-corrected chi connectivity index (χ3v) is 5.84. The third kappa shape index (κ3) is 3.46. The Balaban J connectivity index is 1.77. The summed E-state index contributed by atoms with van der Waals surface area (Å²) in [4.78, 5) is 2.54. The molecule has 24 heavy (non-hydrogen) atoms. The van der Waals surface area contributed by atoms with Crippen molar-refractivity contribution in [2.24, 2.45) is 5.92 Å². The first-order chi connectivity index (χ1) is 11.4. The number of ether oxygens (including phenoxy) is 2. The van der Waals surface area contributed by atoms with Crippen molar-refractivity contribution >= 4 is 0 Å². The average Bonchev–Trinajstić information content (AvgIpc) is 2.94. The highest BCUT2D eigenvalue weighted by Gasteiger charge is 2.43. The van der Waals surface area contributed by atoms with Crippen LogP contribution >= 0.6 is 0 Å². The lowest BCUT2D eigenvalue weighted by atomic mass is 9.79. The molecular weight excluding hydrogens is 302 g/mol. The highest BCUT2D eigenvalue weighted by atomic mass is 16.5. The van der Waals surface area contributed by atoms with Gasteiger partial charge in [0.25, 0.3) is 0 Å². The SMILES string of the molecule is COc1c(C)cc(CN2CCC[C@@H]2[C@H]2COCC[C@@]2(C)O)cc1C. The van der Waals surface area contributed by atoms with E-state index in [4.69, 9.17) is 9.47 Å². The summed E-state index contributed by atoms with van der Waals surface area (Å²) in [6, 6.07) is 4.87. The average molecular weight is 333 g/mol. The number of methoxy groups -OCH3 is 1. The summed E-state index contributed by atoms with van der Waals surface area (Å²) in [7, 11) is 1.73. The van der Waals surface area contributed by atoms with E-state index < -0.39 is 5.60 Å². The second kappa shape index (κ2) is 7.03. The smallest absolute Gasteiger partial charge is 0.124 e. The molecule has 4 heteroatoms. The Morgan fingerprint density at radius 1 is 1.33 bits per heavy atom. The second-order valence-electron chi connectivity index (χ2n) is 7.73. The van der Waals surface area contributed by atoms with E-state index in [9.17, 15) is 5.11 Å². The minimum Gasteiger partial charge on any atom is -0.496 e. The molecule has 0 amide bonds. The van der Waals surface area contributed by atoms with Gasteiger partial charge in [-0.2, -0.15) is 0 Å². The lowest BCUT2D eigenvalue weighted by Gasteiger charge is -2.43. The van der Waals surface area contributed by atoms with Gasteiger partial charge in [-0.3, -0.25) is 4.90 Å². The van der Waals surface area contributed by atoms with Gasteiger partial charge >= 0.3 is 0 Å². The molecule has 2 aliphatic rings. The van der Waals surface area contributed by atoms with Crippen molar-refractivity contribution in [3.05, 3.63) is 28.8 Å². The number of aliphatic hydroxyl groups is 1. The van der Waals surface area contributed by atoms with Crippen molar-refractivity contribution in [2.45, 2.75) is 58.2 Å². The maximum Gasteiger partial charge on any atom is 0.124 e. The monoisotopic (exact) mass is 333 g/mol. The quantitative estimate of drug-likeness (QED) is 0.919. The predicted molar refractivity (Wildman–Crippen MR) is 95.4 cm³/mol. The van der Waals surface area contributed by atoms with Crippen LogP contribution in [0.1, 0.15) is 42.9 Å². The standard InChI is InChI=1S/C20H31NO3/c1-14-10-16(11-15(2)19(14)23-4)12-21-8-5-6-18(21)17-13-24-9-7-20(17,3)22/h10-11,17-18,22H,5-9,12-13H2,1-4H3/t17-,18-,20-/m1/s1. The topological polar surface area (TPSA) is 41.9 Å². The van der Waals surface area contributed by atoms with Gasteiger partial charge in [-0.25, -0.2) is 0 Å². The molecule has 4 nitrogen and oxygen atoms in total. The van der Waals surface area contributed by atoms with Gasteiger partial charge in [-0.15, -0.1) is 0 Å². The van der Waals surface area contributed by atoms with Gasteiger partial charge in [-0.05, 0) is 63.3 Å². The molecular formula is C20H31NO3. The largest absolute Gasteiger partial charge is 0.496 e. The van der Waals surface area contributed by atoms with E-state index in [1.54, 1.807) is 7.11 Å². The first-order valence-corrected chi connectivity index (χ1v) is 9.10. The molecule has 134 valence electrons. The van der Waals surface area contributed by atoms with Gasteiger partial charge < -0.3 is 14.6 Å². The summed E-state index contributed by atoms with van der Waals surface area (Å²) in [6.45, 7) is 9.58. The molecule has 0 aromatic heterocycles. The van der Waals surface area contributed by atoms with Crippen molar-refractivity contribution in [3.8, 4) is 5.75 Å². The first kappa shape index (κ1) is 17.7. The van der Waals surface area contributed by atoms with Crippen LogP contribution in [0.2, 0.25) is 0 Å². The summed E-state index contributed by atoms with van der Waals surface area (Å²) in [6.07, 6.45) is 3.09. The van der Waals surface area contributed by atoms with Crippen LogP contribution in [0, 0.1) is 19.8 Å². The predicted octanol–water partition coefficient (Wildman–Crippen LogP) is 3.06. The van der Waals surface area contributed by atoms with E-state index in [2.05, 4.69) is 30.9 Å². The molecule has 1 N–H and O–H groups in total. The highest BCUT2D eigenvalue weighted by molar-refractivity contribution is 5.43. The molecule has 1 aromatic rings. The fourth-order valence-electron chi connectivity index (χ4n) is 4.57. The van der Waals surface area contributed by atoms with E-state index in [1.807, 2.05) is 6.92 Å². The Kier molecular flexibility index (Phi) is 5.19. The van der Waals surface area contributed by atoms with Crippen LogP contribution in [0.3, 0.4) is 0 Å². The van der Waals surface area contributed by atoms with E-state index in [0.717, 1.165) is 31.7 Å². The maximum atomic E-state index is 10.8. The number of hydrogen-bond acceptors (Lipinski definition) is 4. The van der Waals surface area contributed by atoms with Crippen molar-refractivity contribution in [2.75, 3.05) is 26.9 Å². The number of aryl methyl sites for hydroxylation is 2. The molecule has 0 bridgehead atoms. The number of rotatable bonds is 4. The van der Waals surface area contributed by atoms with Gasteiger partial charge in [0.1, 0.15) is 5.75 Å². The molecule has 2 aliphatic heterocycles. The molecule has 0 saturated carbocycles. The molecule has 0 radical (unpaired) electrons. The van der Waals surface area contributed by atoms with Crippen LogP contribution in [-0.2, 0) is 11.3 Å². The molecule has 3 rings (SSSR count). The van der Waals surface area contributed by atoms with Crippen molar-refractivity contribution in [1.82, 2.24) is 4.90 Å². The van der Waals surface area contributed by atoms with Crippen LogP contribution in [-0.4, -0.2) is 48.5 Å². The van der Waals surface area contributed by atoms with Gasteiger partial charge in [0.05, 0.1) is 19.3 Å². The highest BCUT2D eigenvalue weighted by Crippen LogP contribution is 2.37. The third-order valence-electron chi connectivity index (χ3n) is 5.84. The summed E-state index contributed by atoms with van der Waals surface area (Å²) in [5, 5.41) is 10.8. The summed E-state index contributed by atoms with van der Waals surface area (Å²) >= 11 is 0. The summed E-state index contributed by atoms with van der Waals surface area (Å²) in [5.74, 6) is 1.19. The van der Waals surface area contributed by atoms with E-state index in [1.165, 1.54) is 23.1 Å². The Morgan fingerprint density at radius 3 is 2.67 bits per heavy atom. The molecule has 2 heterocycles. The van der Waals surface area contributed by atoms with Crippen molar-refractivity contribution < 1.29 is 14.6 Å². The molecule has 2 fully saturated rings. The fraction of sp³-hybridized carbons (Fsp3) is 0.700. The van der Waals surface area contributed by atoms with Crippen molar-refractivity contribution in [1.29, 1.82) is 0 Å². The summed E-state index contributed by atoms with van der Waals surface area (Å²) in [5.41, 5.74) is 3.10. The van der Waals surface area contributed by atoms with Gasteiger partial charge in [0.2, 0.25) is 0 Å². The lowest BCUT2D eigenvalue weighted by molar-refractivity contribution is -0.123. The van der Waals surface area contributed by atoms with Gasteiger partial charge in [-0.1, -0.05) is 12.1 Å². The van der Waals surface area contributed by atoms with Crippen LogP contribution in [0.4, 0.5) is 0 Å². The number of benzene rings is 1. The Bertz CT molecular complexity index is 561. The van der Waals surface area contributed by atoms with Gasteiger partial charge in [0.15, 0.2) is 0 Å². The lowest BCUT2D eigenvalue weighted by Crippen LogP contribution is -2.52. The molecule has 1 aromatic carbocycles. The Labute approximate surface area is 145 Å². The van der Waals surface area contributed by atoms with Crippen LogP contribution in [0.25, 0.3) is 0 Å². The molecule has 0 spiro atoms. The summed E-state index contributed by atoms with van der Waals surface area (Å²) < 4.78 is 11.2. The van der Waals surface area contributed by atoms with Crippen molar-refractivity contribution in [3.63, 3.8) is 0 Å². The maximum absolute atomic E-state index is 10.8. The zero-order valence-electron chi connectivity index (χ0n) is 15.5. The number of nitrogens with zero attached hydrogens (tertiary/aromatic N) is 1.